The molecule has 0 aromatic carbocycles. The molecule has 0 bridgehead atoms. The molecule has 1 aromatic rings. The zero-order valence-corrected chi connectivity index (χ0v) is 10.2. The van der Waals surface area contributed by atoms with Crippen molar-refractivity contribution in [1.82, 2.24) is 14.7 Å². The number of carbonyl (C=O) groups excluding carboxylic acids is 1. The fourth-order valence-corrected chi connectivity index (χ4v) is 2.00. The Hall–Kier alpha value is -1.69. The van der Waals surface area contributed by atoms with E-state index in [4.69, 9.17) is 5.73 Å². The number of hydrogen-bond acceptors (Lipinski definition) is 3. The zero-order valence-electron chi connectivity index (χ0n) is 10.2. The molecule has 0 atom stereocenters. The van der Waals surface area contributed by atoms with Gasteiger partial charge in [0.25, 0.3) is 5.91 Å². The van der Waals surface area contributed by atoms with Crippen molar-refractivity contribution in [2.75, 3.05) is 19.6 Å². The molecule has 1 aliphatic rings. The molecule has 2 heterocycles. The Kier molecular flexibility index (Phi) is 4.09. The van der Waals surface area contributed by atoms with Crippen molar-refractivity contribution >= 4 is 5.91 Å². The molecule has 0 aliphatic carbocycles. The molecule has 5 nitrogen and oxygen atoms in total. The van der Waals surface area contributed by atoms with Gasteiger partial charge in [-0.25, -0.2) is 4.39 Å². The smallest absolute Gasteiger partial charge is 0.274 e. The third-order valence-electron chi connectivity index (χ3n) is 3.03. The molecule has 2 rings (SSSR count). The normalized spacial score (nSPS) is 16.3. The number of carbonyl (C=O) groups is 1. The van der Waals surface area contributed by atoms with Crippen LogP contribution in [-0.4, -0.2) is 40.2 Å². The minimum Gasteiger partial charge on any atom is -0.337 e. The van der Waals surface area contributed by atoms with E-state index in [1.165, 1.54) is 4.68 Å². The number of nitrogens with zero attached hydrogens (tertiary/aromatic N) is 3. The van der Waals surface area contributed by atoms with Gasteiger partial charge in [-0.05, 0) is 24.5 Å². The van der Waals surface area contributed by atoms with Gasteiger partial charge in [-0.2, -0.15) is 5.10 Å². The Morgan fingerprint density at radius 1 is 1.50 bits per heavy atom. The van der Waals surface area contributed by atoms with Crippen LogP contribution >= 0.6 is 0 Å². The number of rotatable bonds is 4. The Bertz CT molecular complexity index is 449. The largest absolute Gasteiger partial charge is 0.337 e. The predicted octanol–water partition coefficient (Wildman–Crippen LogP) is 0.931. The summed E-state index contributed by atoms with van der Waals surface area (Å²) in [6.07, 6.45) is 4.26. The molecule has 2 N–H and O–H groups in total. The van der Waals surface area contributed by atoms with Gasteiger partial charge in [-0.3, -0.25) is 9.48 Å². The van der Waals surface area contributed by atoms with Gasteiger partial charge in [0.15, 0.2) is 0 Å². The third kappa shape index (κ3) is 2.76. The Labute approximate surface area is 105 Å². The Balaban J connectivity index is 2.03. The van der Waals surface area contributed by atoms with Gasteiger partial charge in [0.05, 0.1) is 12.9 Å². The van der Waals surface area contributed by atoms with Crippen LogP contribution in [0.3, 0.4) is 0 Å². The van der Waals surface area contributed by atoms with Crippen molar-refractivity contribution in [3.63, 3.8) is 0 Å². The van der Waals surface area contributed by atoms with Crippen molar-refractivity contribution in [3.8, 4) is 0 Å². The summed E-state index contributed by atoms with van der Waals surface area (Å²) in [5.74, 6) is -0.0511. The molecule has 18 heavy (non-hydrogen) atoms. The van der Waals surface area contributed by atoms with Crippen molar-refractivity contribution in [2.45, 2.75) is 19.4 Å². The monoisotopic (exact) mass is 252 g/mol. The highest BCUT2D eigenvalue weighted by molar-refractivity contribution is 5.92. The number of halogens is 1. The van der Waals surface area contributed by atoms with Crippen LogP contribution < -0.4 is 5.73 Å². The lowest BCUT2D eigenvalue weighted by atomic mass is 10.3. The van der Waals surface area contributed by atoms with Crippen LogP contribution in [0, 0.1) is 0 Å². The Morgan fingerprint density at radius 2 is 2.22 bits per heavy atom. The summed E-state index contributed by atoms with van der Waals surface area (Å²) in [6.45, 7) is 2.01. The molecule has 1 aliphatic heterocycles. The second-order valence-corrected chi connectivity index (χ2v) is 4.37. The van der Waals surface area contributed by atoms with E-state index in [1.807, 2.05) is 0 Å². The molecule has 0 spiro atoms. The van der Waals surface area contributed by atoms with E-state index in [9.17, 15) is 9.18 Å². The average Bonchev–Trinajstić information content (AvgIpc) is 3.06. The standard InChI is InChI=1S/C12H17FN4O/c13-7-10(8-14)9-17-6-3-11(15-17)12(18)16-4-1-2-5-16/h3,6-7H,1-2,4-5,8-9,14H2/b10-7+. The van der Waals surface area contributed by atoms with Gasteiger partial charge in [0.1, 0.15) is 5.69 Å². The summed E-state index contributed by atoms with van der Waals surface area (Å²) in [5.41, 5.74) is 6.22. The molecule has 98 valence electrons. The molecule has 0 unspecified atom stereocenters. The predicted molar refractivity (Wildman–Crippen MR) is 65.6 cm³/mol. The van der Waals surface area contributed by atoms with Crippen LogP contribution in [0.4, 0.5) is 4.39 Å². The van der Waals surface area contributed by atoms with Crippen molar-refractivity contribution < 1.29 is 9.18 Å². The van der Waals surface area contributed by atoms with Crippen LogP contribution in [-0.2, 0) is 6.54 Å². The molecule has 1 fully saturated rings. The quantitative estimate of drug-likeness (QED) is 0.867. The summed E-state index contributed by atoms with van der Waals surface area (Å²) in [4.78, 5) is 13.8. The number of amides is 1. The molecule has 1 aromatic heterocycles. The van der Waals surface area contributed by atoms with E-state index >= 15 is 0 Å². The van der Waals surface area contributed by atoms with Gasteiger partial charge >= 0.3 is 0 Å². The lowest BCUT2D eigenvalue weighted by Crippen LogP contribution is -2.28. The van der Waals surface area contributed by atoms with Gasteiger partial charge in [0.2, 0.25) is 0 Å². The van der Waals surface area contributed by atoms with Crippen LogP contribution in [0.2, 0.25) is 0 Å². The van der Waals surface area contributed by atoms with Crippen molar-refractivity contribution in [2.24, 2.45) is 5.73 Å². The van der Waals surface area contributed by atoms with E-state index in [-0.39, 0.29) is 19.0 Å². The number of likely N-dealkylation sites (tertiary alicyclic amines) is 1. The topological polar surface area (TPSA) is 64.2 Å². The molecular formula is C12H17FN4O. The fourth-order valence-electron chi connectivity index (χ4n) is 2.00. The summed E-state index contributed by atoms with van der Waals surface area (Å²) in [7, 11) is 0. The first-order chi connectivity index (χ1) is 8.74. The third-order valence-corrected chi connectivity index (χ3v) is 3.03. The minimum absolute atomic E-state index is 0.0511. The highest BCUT2D eigenvalue weighted by atomic mass is 19.1. The van der Waals surface area contributed by atoms with Gasteiger partial charge in [-0.15, -0.1) is 0 Å². The number of aromatic nitrogens is 2. The first-order valence-electron chi connectivity index (χ1n) is 6.05. The minimum atomic E-state index is -0.0511. The number of nitrogens with two attached hydrogens (primary N) is 1. The molecule has 1 saturated heterocycles. The maximum Gasteiger partial charge on any atom is 0.274 e. The highest BCUT2D eigenvalue weighted by Gasteiger charge is 2.21. The lowest BCUT2D eigenvalue weighted by molar-refractivity contribution is 0.0786. The summed E-state index contributed by atoms with van der Waals surface area (Å²) in [5, 5.41) is 4.15. The number of hydrogen-bond donors (Lipinski definition) is 1. The summed E-state index contributed by atoms with van der Waals surface area (Å²) < 4.78 is 13.9. The zero-order chi connectivity index (χ0) is 13.0. The van der Waals surface area contributed by atoms with Crippen molar-refractivity contribution in [1.29, 1.82) is 0 Å². The highest BCUT2D eigenvalue weighted by Crippen LogP contribution is 2.11. The fraction of sp³-hybridized carbons (Fsp3) is 0.500. The van der Waals surface area contributed by atoms with Crippen LogP contribution in [0.5, 0.6) is 0 Å². The van der Waals surface area contributed by atoms with E-state index < -0.39 is 0 Å². The van der Waals surface area contributed by atoms with Gasteiger partial charge < -0.3 is 10.6 Å². The lowest BCUT2D eigenvalue weighted by Gasteiger charge is -2.12. The first-order valence-corrected chi connectivity index (χ1v) is 6.05. The summed E-state index contributed by atoms with van der Waals surface area (Å²) in [6, 6.07) is 1.66. The maximum atomic E-state index is 12.4. The van der Waals surface area contributed by atoms with E-state index in [0.717, 1.165) is 25.9 Å². The van der Waals surface area contributed by atoms with Crippen LogP contribution in [0.15, 0.2) is 24.2 Å². The van der Waals surface area contributed by atoms with Gasteiger partial charge in [0, 0.05) is 25.8 Å². The Morgan fingerprint density at radius 3 is 2.83 bits per heavy atom. The van der Waals surface area contributed by atoms with E-state index in [1.54, 1.807) is 17.2 Å². The van der Waals surface area contributed by atoms with Crippen LogP contribution in [0.1, 0.15) is 23.3 Å². The average molecular weight is 252 g/mol. The first kappa shape index (κ1) is 12.8. The SMILES string of the molecule is NC/C(=C\F)Cn1ccc(C(=O)N2CCCC2)n1. The maximum absolute atomic E-state index is 12.4. The van der Waals surface area contributed by atoms with Gasteiger partial charge in [-0.1, -0.05) is 0 Å². The van der Waals surface area contributed by atoms with E-state index in [0.29, 0.717) is 17.6 Å². The van der Waals surface area contributed by atoms with Crippen LogP contribution in [0.25, 0.3) is 0 Å². The molecular weight excluding hydrogens is 235 g/mol. The second-order valence-electron chi connectivity index (χ2n) is 4.37. The van der Waals surface area contributed by atoms with E-state index in [2.05, 4.69) is 5.10 Å². The summed E-state index contributed by atoms with van der Waals surface area (Å²) >= 11 is 0. The van der Waals surface area contributed by atoms with Crippen molar-refractivity contribution in [3.05, 3.63) is 29.9 Å². The molecule has 0 radical (unpaired) electrons. The second kappa shape index (κ2) is 5.77. The molecule has 6 heteroatoms. The molecule has 1 amide bonds. The molecule has 0 saturated carbocycles.